The van der Waals surface area contributed by atoms with Crippen LogP contribution < -0.4 is 10.6 Å². The highest BCUT2D eigenvalue weighted by Crippen LogP contribution is 2.21. The Bertz CT molecular complexity index is 705. The number of hydrogen-bond acceptors (Lipinski definition) is 3. The molecule has 1 aliphatic heterocycles. The second-order valence-corrected chi connectivity index (χ2v) is 6.77. The summed E-state index contributed by atoms with van der Waals surface area (Å²) in [5.41, 5.74) is 2.25. The largest absolute Gasteiger partial charge is 0.355 e. The topological polar surface area (TPSA) is 44.4 Å². The molecule has 0 saturated carbocycles. The van der Waals surface area contributed by atoms with E-state index in [1.54, 1.807) is 12.1 Å². The van der Waals surface area contributed by atoms with Gasteiger partial charge in [-0.3, -0.25) is 9.69 Å². The maximum absolute atomic E-state index is 13.0. The number of nitrogens with one attached hydrogen (secondary N) is 2. The Morgan fingerprint density at radius 1 is 1.12 bits per heavy atom. The molecule has 1 amide bonds. The molecule has 3 rings (SSSR count). The van der Waals surface area contributed by atoms with Crippen molar-refractivity contribution < 1.29 is 9.18 Å². The fourth-order valence-electron chi connectivity index (χ4n) is 3.47. The van der Waals surface area contributed by atoms with Crippen LogP contribution in [-0.4, -0.2) is 36.0 Å². The van der Waals surface area contributed by atoms with E-state index in [9.17, 15) is 9.18 Å². The highest BCUT2D eigenvalue weighted by atomic mass is 19.1. The van der Waals surface area contributed by atoms with Gasteiger partial charge in [-0.15, -0.1) is 0 Å². The molecule has 0 spiro atoms. The maximum atomic E-state index is 13.0. The SMILES string of the molecule is CCNC(=O)[C@@H]1C[C@H](NCc2ccc(F)cc2)CN1Cc1ccccc1. The zero-order valence-electron chi connectivity index (χ0n) is 15.1. The first-order chi connectivity index (χ1) is 12.7. The average Bonchev–Trinajstić information content (AvgIpc) is 3.05. The van der Waals surface area contributed by atoms with Crippen LogP contribution in [0, 0.1) is 5.82 Å². The predicted octanol–water partition coefficient (Wildman–Crippen LogP) is 2.69. The van der Waals surface area contributed by atoms with E-state index < -0.39 is 0 Å². The molecule has 1 aliphatic rings. The summed E-state index contributed by atoms with van der Waals surface area (Å²) in [6.07, 6.45) is 0.778. The lowest BCUT2D eigenvalue weighted by Gasteiger charge is -2.23. The molecule has 1 saturated heterocycles. The molecule has 2 N–H and O–H groups in total. The molecule has 26 heavy (non-hydrogen) atoms. The lowest BCUT2D eigenvalue weighted by molar-refractivity contribution is -0.125. The van der Waals surface area contributed by atoms with Crippen LogP contribution in [0.2, 0.25) is 0 Å². The van der Waals surface area contributed by atoms with Crippen LogP contribution in [0.3, 0.4) is 0 Å². The standard InChI is InChI=1S/C21H26FN3O/c1-2-23-21(26)20-12-19(24-13-16-8-10-18(22)11-9-16)15-25(20)14-17-6-4-3-5-7-17/h3-11,19-20,24H,2,12-15H2,1H3,(H,23,26)/t19-,20-/m0/s1. The molecule has 5 heteroatoms. The summed E-state index contributed by atoms with van der Waals surface area (Å²) in [6, 6.07) is 16.9. The quantitative estimate of drug-likeness (QED) is 0.803. The summed E-state index contributed by atoms with van der Waals surface area (Å²) in [5.74, 6) is -0.130. The molecule has 0 aromatic heterocycles. The van der Waals surface area contributed by atoms with Gasteiger partial charge in [0.05, 0.1) is 6.04 Å². The lowest BCUT2D eigenvalue weighted by atomic mass is 10.1. The van der Waals surface area contributed by atoms with Crippen molar-refractivity contribution in [2.45, 2.75) is 38.5 Å². The number of hydrogen-bond donors (Lipinski definition) is 2. The first kappa shape index (κ1) is 18.5. The maximum Gasteiger partial charge on any atom is 0.237 e. The first-order valence-electron chi connectivity index (χ1n) is 9.19. The van der Waals surface area contributed by atoms with Gasteiger partial charge in [-0.25, -0.2) is 4.39 Å². The molecule has 1 heterocycles. The van der Waals surface area contributed by atoms with Crippen LogP contribution in [0.4, 0.5) is 4.39 Å². The van der Waals surface area contributed by atoms with E-state index in [0.29, 0.717) is 13.1 Å². The molecule has 2 atom stereocenters. The normalized spacial score (nSPS) is 20.2. The van der Waals surface area contributed by atoms with E-state index in [1.165, 1.54) is 17.7 Å². The Morgan fingerprint density at radius 2 is 1.85 bits per heavy atom. The number of rotatable bonds is 7. The molecule has 4 nitrogen and oxygen atoms in total. The van der Waals surface area contributed by atoms with Gasteiger partial charge in [0.25, 0.3) is 0 Å². The highest BCUT2D eigenvalue weighted by molar-refractivity contribution is 5.82. The van der Waals surface area contributed by atoms with Crippen LogP contribution in [0.15, 0.2) is 54.6 Å². The average molecular weight is 355 g/mol. The summed E-state index contributed by atoms with van der Waals surface area (Å²) in [6.45, 7) is 4.84. The third-order valence-electron chi connectivity index (χ3n) is 4.79. The van der Waals surface area contributed by atoms with E-state index in [4.69, 9.17) is 0 Å². The summed E-state index contributed by atoms with van der Waals surface area (Å²) < 4.78 is 13.0. The van der Waals surface area contributed by atoms with Gasteiger partial charge in [-0.2, -0.15) is 0 Å². The number of carbonyl (C=O) groups excluding carboxylic acids is 1. The van der Waals surface area contributed by atoms with Crippen LogP contribution >= 0.6 is 0 Å². The minimum absolute atomic E-state index is 0.0921. The fraction of sp³-hybridized carbons (Fsp3) is 0.381. The number of likely N-dealkylation sites (tertiary alicyclic amines) is 1. The molecule has 2 aromatic carbocycles. The van der Waals surface area contributed by atoms with Gasteiger partial charge < -0.3 is 10.6 Å². The van der Waals surface area contributed by atoms with Crippen LogP contribution in [0.5, 0.6) is 0 Å². The van der Waals surface area contributed by atoms with Crippen LogP contribution in [0.1, 0.15) is 24.5 Å². The van der Waals surface area contributed by atoms with Gasteiger partial charge >= 0.3 is 0 Å². The van der Waals surface area contributed by atoms with Gasteiger partial charge in [-0.1, -0.05) is 42.5 Å². The van der Waals surface area contributed by atoms with Crippen molar-refractivity contribution in [1.29, 1.82) is 0 Å². The summed E-state index contributed by atoms with van der Waals surface area (Å²) in [5, 5.41) is 6.47. The fourth-order valence-corrected chi connectivity index (χ4v) is 3.47. The third-order valence-corrected chi connectivity index (χ3v) is 4.79. The van der Waals surface area contributed by atoms with E-state index in [0.717, 1.165) is 25.1 Å². The Hall–Kier alpha value is -2.24. The smallest absolute Gasteiger partial charge is 0.237 e. The van der Waals surface area contributed by atoms with Gasteiger partial charge in [0.1, 0.15) is 5.82 Å². The third kappa shape index (κ3) is 4.90. The number of nitrogens with zero attached hydrogens (tertiary/aromatic N) is 1. The zero-order valence-corrected chi connectivity index (χ0v) is 15.1. The van der Waals surface area contributed by atoms with Crippen molar-refractivity contribution in [3.8, 4) is 0 Å². The first-order valence-corrected chi connectivity index (χ1v) is 9.19. The molecule has 138 valence electrons. The summed E-state index contributed by atoms with van der Waals surface area (Å²) in [7, 11) is 0. The molecule has 0 unspecified atom stereocenters. The predicted molar refractivity (Wildman–Crippen MR) is 101 cm³/mol. The van der Waals surface area contributed by atoms with E-state index >= 15 is 0 Å². The summed E-state index contributed by atoms with van der Waals surface area (Å²) >= 11 is 0. The van der Waals surface area contributed by atoms with Crippen molar-refractivity contribution in [2.75, 3.05) is 13.1 Å². The van der Waals surface area contributed by atoms with Gasteiger partial charge in [0.2, 0.25) is 5.91 Å². The number of likely N-dealkylation sites (N-methyl/N-ethyl adjacent to an activating group) is 1. The van der Waals surface area contributed by atoms with E-state index in [-0.39, 0.29) is 23.8 Å². The van der Waals surface area contributed by atoms with Crippen molar-refractivity contribution >= 4 is 5.91 Å². The highest BCUT2D eigenvalue weighted by Gasteiger charge is 2.36. The number of halogens is 1. The van der Waals surface area contributed by atoms with Gasteiger partial charge in [-0.05, 0) is 36.6 Å². The number of carbonyl (C=O) groups is 1. The molecule has 2 aromatic rings. The molecule has 1 fully saturated rings. The minimum atomic E-state index is -0.222. The number of amides is 1. The molecule has 0 bridgehead atoms. The monoisotopic (exact) mass is 355 g/mol. The Balaban J connectivity index is 1.63. The molecule has 0 aliphatic carbocycles. The van der Waals surface area contributed by atoms with Crippen molar-refractivity contribution in [1.82, 2.24) is 15.5 Å². The van der Waals surface area contributed by atoms with Crippen LogP contribution in [-0.2, 0) is 17.9 Å². The van der Waals surface area contributed by atoms with Gasteiger partial charge in [0, 0.05) is 32.2 Å². The van der Waals surface area contributed by atoms with Crippen molar-refractivity contribution in [3.63, 3.8) is 0 Å². The molecular formula is C21H26FN3O. The summed E-state index contributed by atoms with van der Waals surface area (Å²) in [4.78, 5) is 14.7. The Labute approximate surface area is 154 Å². The van der Waals surface area contributed by atoms with Crippen molar-refractivity contribution in [2.24, 2.45) is 0 Å². The Kier molecular flexibility index (Phi) is 6.36. The second-order valence-electron chi connectivity index (χ2n) is 6.77. The van der Waals surface area contributed by atoms with Crippen LogP contribution in [0.25, 0.3) is 0 Å². The molecule has 0 radical (unpaired) electrons. The molecular weight excluding hydrogens is 329 g/mol. The van der Waals surface area contributed by atoms with E-state index in [2.05, 4.69) is 27.7 Å². The Morgan fingerprint density at radius 3 is 2.54 bits per heavy atom. The lowest BCUT2D eigenvalue weighted by Crippen LogP contribution is -2.42. The van der Waals surface area contributed by atoms with E-state index in [1.807, 2.05) is 25.1 Å². The second kappa shape index (κ2) is 8.92. The minimum Gasteiger partial charge on any atom is -0.355 e. The number of benzene rings is 2. The zero-order chi connectivity index (χ0) is 18.4. The van der Waals surface area contributed by atoms with Crippen molar-refractivity contribution in [3.05, 3.63) is 71.5 Å². The van der Waals surface area contributed by atoms with Gasteiger partial charge in [0.15, 0.2) is 0 Å².